The van der Waals surface area contributed by atoms with Crippen LogP contribution in [0.2, 0.25) is 0 Å². The van der Waals surface area contributed by atoms with Crippen molar-refractivity contribution in [2.75, 3.05) is 6.54 Å². The zero-order chi connectivity index (χ0) is 30.7. The van der Waals surface area contributed by atoms with Gasteiger partial charge in [0.05, 0.1) is 18.6 Å². The summed E-state index contributed by atoms with van der Waals surface area (Å²) in [6.45, 7) is 1.27. The highest BCUT2D eigenvalue weighted by atomic mass is 16.4. The molecule has 41 heavy (non-hydrogen) atoms. The third-order valence-corrected chi connectivity index (χ3v) is 6.11. The molecule has 1 aromatic carbocycles. The number of hydrogen-bond acceptors (Lipinski definition) is 8. The fraction of sp³-hybridized carbons (Fsp3) is 0.440. The molecule has 0 spiro atoms. The van der Waals surface area contributed by atoms with E-state index in [0.717, 1.165) is 23.4 Å². The smallest absolute Gasteiger partial charge is 0.328 e. The second-order valence-corrected chi connectivity index (χ2v) is 9.48. The molecule has 16 heteroatoms. The quantitative estimate of drug-likeness (QED) is 0.0545. The molecule has 0 aliphatic carbocycles. The molecule has 0 saturated heterocycles. The zero-order valence-electron chi connectivity index (χ0n) is 22.5. The van der Waals surface area contributed by atoms with Gasteiger partial charge in [0, 0.05) is 23.6 Å². The largest absolute Gasteiger partial charge is 0.480 e. The molecule has 1 aromatic heterocycles. The fourth-order valence-corrected chi connectivity index (χ4v) is 4.01. The van der Waals surface area contributed by atoms with E-state index in [1.165, 1.54) is 0 Å². The first kappa shape index (κ1) is 32.5. The topological polar surface area (TPSA) is 294 Å². The standard InChI is InChI=1S/C25H37N9O7/c1-12(35)20(24(40)41)34-23(39)18(10-19(27)36)33-22(38)17(7-4-8-30-25(28)29)32-21(37)15(26)9-13-11-31-16-6-3-2-5-14(13)16/h2-3,5-6,11-12,15,17-18,20,31,35H,4,7-10,26H2,1H3,(H2,27,36)(H,32,37)(H,33,38)(H,34,39)(H,40,41)(H4,28,29,30). The van der Waals surface area contributed by atoms with Crippen molar-refractivity contribution in [2.24, 2.45) is 27.9 Å². The van der Waals surface area contributed by atoms with E-state index in [1.54, 1.807) is 6.20 Å². The summed E-state index contributed by atoms with van der Waals surface area (Å²) < 4.78 is 0. The number of carboxylic acid groups (broad SMARTS) is 1. The maximum Gasteiger partial charge on any atom is 0.328 e. The second-order valence-electron chi connectivity index (χ2n) is 9.48. The van der Waals surface area contributed by atoms with Crippen LogP contribution in [0.15, 0.2) is 35.5 Å². The number of nitrogens with one attached hydrogen (secondary N) is 4. The Labute approximate surface area is 235 Å². The number of aromatic nitrogens is 1. The van der Waals surface area contributed by atoms with Crippen LogP contribution in [0.25, 0.3) is 10.9 Å². The minimum absolute atomic E-state index is 0.0183. The number of carboxylic acids is 1. The number of aliphatic carboxylic acids is 1. The molecule has 4 amide bonds. The first-order chi connectivity index (χ1) is 19.3. The highest BCUT2D eigenvalue weighted by Gasteiger charge is 2.32. The van der Waals surface area contributed by atoms with Gasteiger partial charge in [-0.3, -0.25) is 24.2 Å². The van der Waals surface area contributed by atoms with Gasteiger partial charge < -0.3 is 54.1 Å². The van der Waals surface area contributed by atoms with Crippen molar-refractivity contribution in [3.8, 4) is 0 Å². The van der Waals surface area contributed by atoms with E-state index in [2.05, 4.69) is 25.9 Å². The second kappa shape index (κ2) is 15.2. The first-order valence-electron chi connectivity index (χ1n) is 12.8. The lowest BCUT2D eigenvalue weighted by atomic mass is 10.0. The molecule has 2 aromatic rings. The molecule has 224 valence electrons. The Morgan fingerprint density at radius 3 is 2.22 bits per heavy atom. The van der Waals surface area contributed by atoms with Crippen LogP contribution < -0.4 is 38.9 Å². The molecule has 0 aliphatic rings. The van der Waals surface area contributed by atoms with Gasteiger partial charge in [0.25, 0.3) is 0 Å². The van der Waals surface area contributed by atoms with E-state index in [0.29, 0.717) is 0 Å². The zero-order valence-corrected chi connectivity index (χ0v) is 22.5. The van der Waals surface area contributed by atoms with Crippen molar-refractivity contribution < 1.29 is 34.2 Å². The van der Waals surface area contributed by atoms with Crippen molar-refractivity contribution in [3.05, 3.63) is 36.0 Å². The van der Waals surface area contributed by atoms with E-state index >= 15 is 0 Å². The molecule has 1 heterocycles. The Hall–Kier alpha value is -4.70. The number of aliphatic hydroxyl groups is 1. The predicted molar refractivity (Wildman–Crippen MR) is 149 cm³/mol. The van der Waals surface area contributed by atoms with Crippen LogP contribution in [0.4, 0.5) is 0 Å². The van der Waals surface area contributed by atoms with E-state index in [4.69, 9.17) is 22.9 Å². The van der Waals surface area contributed by atoms with E-state index in [-0.39, 0.29) is 31.8 Å². The summed E-state index contributed by atoms with van der Waals surface area (Å²) in [5.41, 5.74) is 23.7. The maximum absolute atomic E-state index is 13.2. The third-order valence-electron chi connectivity index (χ3n) is 6.11. The Bertz CT molecular complexity index is 1270. The molecule has 0 radical (unpaired) electrons. The molecule has 2 rings (SSSR count). The number of rotatable bonds is 16. The SMILES string of the molecule is CC(O)C(NC(=O)C(CC(N)=O)NC(=O)C(CCCN=C(N)N)NC(=O)C(N)Cc1c[nH]c2ccccc12)C(=O)O. The van der Waals surface area contributed by atoms with Gasteiger partial charge in [-0.2, -0.15) is 0 Å². The van der Waals surface area contributed by atoms with Gasteiger partial charge in [-0.25, -0.2) is 4.79 Å². The molecule has 14 N–H and O–H groups in total. The number of hydrogen-bond donors (Lipinski definition) is 10. The molecule has 0 bridgehead atoms. The van der Waals surface area contributed by atoms with Gasteiger partial charge in [-0.15, -0.1) is 0 Å². The number of guanidine groups is 1. The van der Waals surface area contributed by atoms with Crippen LogP contribution >= 0.6 is 0 Å². The maximum atomic E-state index is 13.2. The van der Waals surface area contributed by atoms with Gasteiger partial charge in [-0.1, -0.05) is 18.2 Å². The van der Waals surface area contributed by atoms with E-state index in [1.807, 2.05) is 24.3 Å². The van der Waals surface area contributed by atoms with Crippen molar-refractivity contribution in [1.29, 1.82) is 0 Å². The van der Waals surface area contributed by atoms with E-state index < -0.39 is 66.3 Å². The van der Waals surface area contributed by atoms with E-state index in [9.17, 15) is 34.2 Å². The average Bonchev–Trinajstić information content (AvgIpc) is 3.30. The number of carbonyl (C=O) groups is 5. The van der Waals surface area contributed by atoms with Crippen LogP contribution in [-0.4, -0.2) is 87.6 Å². The highest BCUT2D eigenvalue weighted by Crippen LogP contribution is 2.19. The minimum atomic E-state index is -1.72. The Kier molecular flexibility index (Phi) is 12.0. The third kappa shape index (κ3) is 10.1. The number of nitrogens with two attached hydrogens (primary N) is 4. The number of aromatic amines is 1. The average molecular weight is 576 g/mol. The number of para-hydroxylation sites is 1. The summed E-state index contributed by atoms with van der Waals surface area (Å²) in [4.78, 5) is 68.9. The molecule has 0 saturated carbocycles. The normalized spacial score (nSPS) is 14.6. The molecular weight excluding hydrogens is 538 g/mol. The van der Waals surface area contributed by atoms with Crippen molar-refractivity contribution >= 4 is 46.5 Å². The van der Waals surface area contributed by atoms with Gasteiger partial charge in [0.15, 0.2) is 12.0 Å². The number of aliphatic imine (C=N–C) groups is 1. The molecule has 5 atom stereocenters. The van der Waals surface area contributed by atoms with Crippen LogP contribution in [0.5, 0.6) is 0 Å². The van der Waals surface area contributed by atoms with Gasteiger partial charge in [-0.05, 0) is 37.8 Å². The lowest BCUT2D eigenvalue weighted by Crippen LogP contribution is -2.59. The summed E-state index contributed by atoms with van der Waals surface area (Å²) >= 11 is 0. The van der Waals surface area contributed by atoms with Crippen molar-refractivity contribution in [1.82, 2.24) is 20.9 Å². The fourth-order valence-electron chi connectivity index (χ4n) is 4.01. The number of primary amides is 1. The highest BCUT2D eigenvalue weighted by molar-refractivity contribution is 5.96. The number of nitrogens with zero attached hydrogens (tertiary/aromatic N) is 1. The lowest BCUT2D eigenvalue weighted by Gasteiger charge is -2.25. The van der Waals surface area contributed by atoms with Crippen molar-refractivity contribution in [3.63, 3.8) is 0 Å². The summed E-state index contributed by atoms with van der Waals surface area (Å²) in [7, 11) is 0. The number of amides is 4. The summed E-state index contributed by atoms with van der Waals surface area (Å²) in [5, 5.41) is 26.7. The van der Waals surface area contributed by atoms with Crippen LogP contribution in [0.1, 0.15) is 31.7 Å². The Morgan fingerprint density at radius 2 is 1.61 bits per heavy atom. The molecular formula is C25H37N9O7. The molecule has 16 nitrogen and oxygen atoms in total. The van der Waals surface area contributed by atoms with Crippen LogP contribution in [-0.2, 0) is 30.4 Å². The molecule has 0 aliphatic heterocycles. The Morgan fingerprint density at radius 1 is 0.976 bits per heavy atom. The first-order valence-corrected chi connectivity index (χ1v) is 12.8. The van der Waals surface area contributed by atoms with Crippen molar-refractivity contribution in [2.45, 2.75) is 62.9 Å². The number of aliphatic hydroxyl groups excluding tert-OH is 1. The number of fused-ring (bicyclic) bond motifs is 1. The lowest BCUT2D eigenvalue weighted by molar-refractivity contribution is -0.145. The Balaban J connectivity index is 2.19. The monoisotopic (exact) mass is 575 g/mol. The van der Waals surface area contributed by atoms with Crippen LogP contribution in [0, 0.1) is 0 Å². The summed E-state index contributed by atoms with van der Waals surface area (Å²) in [6, 6.07) is 1.86. The minimum Gasteiger partial charge on any atom is -0.480 e. The number of benzene rings is 1. The van der Waals surface area contributed by atoms with Crippen LogP contribution in [0.3, 0.4) is 0 Å². The molecule has 5 unspecified atom stereocenters. The number of H-pyrrole nitrogens is 1. The van der Waals surface area contributed by atoms with Gasteiger partial charge >= 0.3 is 5.97 Å². The predicted octanol–water partition coefficient (Wildman–Crippen LogP) is -3.11. The van der Waals surface area contributed by atoms with Gasteiger partial charge in [0.2, 0.25) is 23.6 Å². The summed E-state index contributed by atoms with van der Waals surface area (Å²) in [5.74, 6) is -5.27. The number of carbonyl (C=O) groups excluding carboxylic acids is 4. The molecule has 0 fully saturated rings. The van der Waals surface area contributed by atoms with Gasteiger partial charge in [0.1, 0.15) is 12.1 Å². The summed E-state index contributed by atoms with van der Waals surface area (Å²) in [6.07, 6.45) is -0.0160.